The fourth-order valence-corrected chi connectivity index (χ4v) is 7.49. The molecule has 356 valence electrons. The van der Waals surface area contributed by atoms with E-state index in [1.165, 1.54) is 135 Å². The lowest BCUT2D eigenvalue weighted by molar-refractivity contribution is -0.305. The second kappa shape index (κ2) is 43.4. The summed E-state index contributed by atoms with van der Waals surface area (Å²) >= 11 is 0. The van der Waals surface area contributed by atoms with Crippen LogP contribution < -0.4 is 0 Å². The average Bonchev–Trinajstić information content (AvgIpc) is 3.26. The summed E-state index contributed by atoms with van der Waals surface area (Å²) in [5, 5.41) is 40.2. The van der Waals surface area contributed by atoms with E-state index in [-0.39, 0.29) is 19.2 Å². The fourth-order valence-electron chi connectivity index (χ4n) is 7.49. The van der Waals surface area contributed by atoms with Crippen molar-refractivity contribution in [1.29, 1.82) is 0 Å². The van der Waals surface area contributed by atoms with Crippen LogP contribution >= 0.6 is 0 Å². The van der Waals surface area contributed by atoms with Gasteiger partial charge in [0.05, 0.1) is 19.8 Å². The van der Waals surface area contributed by atoms with Crippen molar-refractivity contribution in [2.75, 3.05) is 26.4 Å². The Morgan fingerprint density at radius 3 is 1.48 bits per heavy atom. The van der Waals surface area contributed by atoms with Gasteiger partial charge in [-0.25, -0.2) is 0 Å². The molecule has 0 aliphatic carbocycles. The molecule has 0 aromatic carbocycles. The predicted molar refractivity (Wildman–Crippen MR) is 251 cm³/mol. The zero-order valence-electron chi connectivity index (χ0n) is 39.2. The van der Waals surface area contributed by atoms with E-state index in [0.717, 1.165) is 57.8 Å². The van der Waals surface area contributed by atoms with E-state index in [1.807, 2.05) is 0 Å². The molecule has 0 aromatic rings. The van der Waals surface area contributed by atoms with E-state index in [2.05, 4.69) is 62.5 Å². The normalized spacial score (nSPS) is 20.3. The maximum Gasteiger partial charge on any atom is 0.306 e. The first kappa shape index (κ1) is 57.2. The second-order valence-corrected chi connectivity index (χ2v) is 17.3. The summed E-state index contributed by atoms with van der Waals surface area (Å²) in [5.41, 5.74) is 0. The minimum absolute atomic E-state index is 0.118. The third-order valence-corrected chi connectivity index (χ3v) is 11.5. The molecule has 1 heterocycles. The highest BCUT2D eigenvalue weighted by atomic mass is 16.7. The molecular weight excluding hydrogens is 769 g/mol. The van der Waals surface area contributed by atoms with Gasteiger partial charge in [0, 0.05) is 13.0 Å². The lowest BCUT2D eigenvalue weighted by Crippen LogP contribution is -2.59. The Balaban J connectivity index is 2.19. The first-order chi connectivity index (χ1) is 29.9. The molecule has 9 heteroatoms. The maximum atomic E-state index is 12.8. The van der Waals surface area contributed by atoms with Crippen LogP contribution in [-0.2, 0) is 23.7 Å². The highest BCUT2D eigenvalue weighted by molar-refractivity contribution is 5.69. The molecule has 1 fully saturated rings. The number of carbonyl (C=O) groups excluding carboxylic acids is 1. The van der Waals surface area contributed by atoms with Crippen molar-refractivity contribution in [2.24, 2.45) is 0 Å². The minimum atomic E-state index is -1.54. The fraction of sp³-hybridized carbons (Fsp3) is 0.827. The van der Waals surface area contributed by atoms with Crippen molar-refractivity contribution in [3.8, 4) is 0 Å². The Labute approximate surface area is 373 Å². The van der Waals surface area contributed by atoms with Crippen molar-refractivity contribution in [3.05, 3.63) is 48.6 Å². The van der Waals surface area contributed by atoms with Crippen molar-refractivity contribution in [3.63, 3.8) is 0 Å². The molecule has 0 saturated carbocycles. The Kier molecular flexibility index (Phi) is 40.7. The lowest BCUT2D eigenvalue weighted by Gasteiger charge is -2.39. The van der Waals surface area contributed by atoms with Gasteiger partial charge in [-0.3, -0.25) is 4.79 Å². The van der Waals surface area contributed by atoms with Crippen LogP contribution in [0.2, 0.25) is 0 Å². The van der Waals surface area contributed by atoms with Crippen LogP contribution in [0.25, 0.3) is 0 Å². The Morgan fingerprint density at radius 1 is 0.525 bits per heavy atom. The standard InChI is InChI=1S/C52H94O9/c1-3-5-7-9-11-13-15-17-18-19-20-21-22-23-24-25-26-27-28-29-31-33-35-37-39-41-48(54)60-46(45-59-52-51(57)50(56)49(55)47(43-53)61-52)44-58-42-40-38-36-34-32-30-16-14-12-10-8-6-4-2/h12,14-15,17,19-20,22-23,46-47,49-53,55-57H,3-11,13,16,18,21,24-45H2,1-2H3/b14-12-,17-15-,20-19-,23-22-. The number of unbranched alkanes of at least 4 members (excludes halogenated alkanes) is 24. The summed E-state index contributed by atoms with van der Waals surface area (Å²) in [4.78, 5) is 12.8. The number of esters is 1. The summed E-state index contributed by atoms with van der Waals surface area (Å²) in [5.74, 6) is -0.320. The lowest BCUT2D eigenvalue weighted by atomic mass is 9.99. The van der Waals surface area contributed by atoms with Gasteiger partial charge in [-0.05, 0) is 77.0 Å². The molecule has 0 amide bonds. The number of hydrogen-bond acceptors (Lipinski definition) is 9. The summed E-state index contributed by atoms with van der Waals surface area (Å²) in [6, 6.07) is 0. The zero-order chi connectivity index (χ0) is 44.3. The first-order valence-electron chi connectivity index (χ1n) is 25.2. The largest absolute Gasteiger partial charge is 0.457 e. The highest BCUT2D eigenvalue weighted by Crippen LogP contribution is 2.23. The van der Waals surface area contributed by atoms with Crippen LogP contribution in [0, 0.1) is 0 Å². The van der Waals surface area contributed by atoms with Crippen LogP contribution in [0.5, 0.6) is 0 Å². The summed E-state index contributed by atoms with van der Waals surface area (Å²) in [6.07, 6.45) is 47.1. The summed E-state index contributed by atoms with van der Waals surface area (Å²) in [6.45, 7) is 4.52. The summed E-state index contributed by atoms with van der Waals surface area (Å²) in [7, 11) is 0. The molecule has 4 N–H and O–H groups in total. The third-order valence-electron chi connectivity index (χ3n) is 11.5. The third kappa shape index (κ3) is 34.3. The number of carbonyl (C=O) groups is 1. The van der Waals surface area contributed by atoms with Gasteiger partial charge in [0.15, 0.2) is 6.29 Å². The number of rotatable bonds is 43. The van der Waals surface area contributed by atoms with Crippen molar-refractivity contribution in [1.82, 2.24) is 0 Å². The van der Waals surface area contributed by atoms with Gasteiger partial charge >= 0.3 is 5.97 Å². The van der Waals surface area contributed by atoms with Crippen LogP contribution in [-0.4, -0.2) is 89.6 Å². The van der Waals surface area contributed by atoms with Gasteiger partial charge in [-0.15, -0.1) is 0 Å². The van der Waals surface area contributed by atoms with E-state index < -0.39 is 43.4 Å². The smallest absolute Gasteiger partial charge is 0.306 e. The van der Waals surface area contributed by atoms with Crippen LogP contribution in [0.1, 0.15) is 213 Å². The maximum absolute atomic E-state index is 12.8. The van der Waals surface area contributed by atoms with E-state index in [9.17, 15) is 25.2 Å². The molecule has 1 saturated heterocycles. The molecular formula is C52H94O9. The molecule has 0 aromatic heterocycles. The Hall–Kier alpha value is -1.85. The van der Waals surface area contributed by atoms with Crippen molar-refractivity contribution < 1.29 is 44.2 Å². The highest BCUT2D eigenvalue weighted by Gasteiger charge is 2.44. The Morgan fingerprint density at radius 2 is 0.951 bits per heavy atom. The van der Waals surface area contributed by atoms with E-state index in [4.69, 9.17) is 18.9 Å². The van der Waals surface area contributed by atoms with Crippen LogP contribution in [0.3, 0.4) is 0 Å². The van der Waals surface area contributed by atoms with Crippen LogP contribution in [0.4, 0.5) is 0 Å². The van der Waals surface area contributed by atoms with Gasteiger partial charge in [-0.1, -0.05) is 178 Å². The van der Waals surface area contributed by atoms with Gasteiger partial charge < -0.3 is 39.4 Å². The number of ether oxygens (including phenoxy) is 4. The molecule has 0 bridgehead atoms. The number of aliphatic hydroxyl groups is 4. The molecule has 6 unspecified atom stereocenters. The quantitative estimate of drug-likeness (QED) is 0.0268. The molecule has 1 rings (SSSR count). The van der Waals surface area contributed by atoms with Gasteiger partial charge in [0.25, 0.3) is 0 Å². The van der Waals surface area contributed by atoms with Gasteiger partial charge in [0.1, 0.15) is 30.5 Å². The van der Waals surface area contributed by atoms with Crippen molar-refractivity contribution >= 4 is 5.97 Å². The first-order valence-corrected chi connectivity index (χ1v) is 25.2. The Bertz CT molecular complexity index is 1070. The van der Waals surface area contributed by atoms with Crippen molar-refractivity contribution in [2.45, 2.75) is 250 Å². The van der Waals surface area contributed by atoms with E-state index in [0.29, 0.717) is 13.0 Å². The van der Waals surface area contributed by atoms with E-state index >= 15 is 0 Å². The van der Waals surface area contributed by atoms with Gasteiger partial charge in [0.2, 0.25) is 0 Å². The number of aliphatic hydroxyl groups excluding tert-OH is 4. The minimum Gasteiger partial charge on any atom is -0.457 e. The second-order valence-electron chi connectivity index (χ2n) is 17.3. The number of allylic oxidation sites excluding steroid dienone is 8. The molecule has 9 nitrogen and oxygen atoms in total. The molecule has 61 heavy (non-hydrogen) atoms. The van der Waals surface area contributed by atoms with Gasteiger partial charge in [-0.2, -0.15) is 0 Å². The topological polar surface area (TPSA) is 135 Å². The molecule has 1 aliphatic heterocycles. The summed E-state index contributed by atoms with van der Waals surface area (Å²) < 4.78 is 22.8. The molecule has 1 aliphatic rings. The number of hydrogen-bond donors (Lipinski definition) is 4. The monoisotopic (exact) mass is 863 g/mol. The van der Waals surface area contributed by atoms with Crippen LogP contribution in [0.15, 0.2) is 48.6 Å². The van der Waals surface area contributed by atoms with E-state index in [1.54, 1.807) is 0 Å². The zero-order valence-corrected chi connectivity index (χ0v) is 39.2. The predicted octanol–water partition coefficient (Wildman–Crippen LogP) is 12.1. The molecule has 6 atom stereocenters. The molecule has 0 radical (unpaired) electrons. The SMILES string of the molecule is CCCCC/C=C\CCCCCCCCOCC(COC1OC(CO)C(O)C(O)C1O)OC(=O)CCCCCCCCCCCC/C=C\C/C=C\C/C=C\CCCCCCC. The molecule has 0 spiro atoms. The average molecular weight is 863 g/mol.